The van der Waals surface area contributed by atoms with Crippen molar-refractivity contribution in [3.8, 4) is 5.00 Å². The number of nitrogens with zero attached hydrogens (tertiary/aromatic N) is 6. The summed E-state index contributed by atoms with van der Waals surface area (Å²) in [5, 5.41) is 11.5. The molecule has 1 aliphatic heterocycles. The number of halogens is 1. The van der Waals surface area contributed by atoms with Crippen LogP contribution in [0.5, 0.6) is 0 Å². The minimum absolute atomic E-state index is 0.200. The Kier molecular flexibility index (Phi) is 5.16. The Hall–Kier alpha value is -2.00. The van der Waals surface area contributed by atoms with Crippen LogP contribution in [-0.2, 0) is 13.2 Å². The summed E-state index contributed by atoms with van der Waals surface area (Å²) in [4.78, 5) is 17.1. The molecule has 26 heavy (non-hydrogen) atoms. The van der Waals surface area contributed by atoms with Gasteiger partial charge in [0.2, 0.25) is 0 Å². The van der Waals surface area contributed by atoms with Gasteiger partial charge in [0.15, 0.2) is 0 Å². The highest BCUT2D eigenvalue weighted by atomic mass is 35.5. The second kappa shape index (κ2) is 7.71. The molecule has 1 aromatic carbocycles. The van der Waals surface area contributed by atoms with Crippen molar-refractivity contribution in [1.82, 2.24) is 29.6 Å². The first kappa shape index (κ1) is 17.4. The molecule has 7 nitrogen and oxygen atoms in total. The fraction of sp³-hybridized carbons (Fsp3) is 0.353. The molecule has 0 unspecified atom stereocenters. The Morgan fingerprint density at radius 1 is 1.04 bits per heavy atom. The molecule has 9 heteroatoms. The van der Waals surface area contributed by atoms with Gasteiger partial charge in [0.05, 0.1) is 0 Å². The molecule has 0 atom stereocenters. The normalized spacial score (nSPS) is 16.2. The number of hydrogen-bond donors (Lipinski definition) is 0. The lowest BCUT2D eigenvalue weighted by molar-refractivity contribution is 0.0968. The molecule has 3 heterocycles. The summed E-state index contributed by atoms with van der Waals surface area (Å²) in [5.41, 5.74) is 1.02. The van der Waals surface area contributed by atoms with E-state index in [1.807, 2.05) is 35.7 Å². The molecule has 0 aliphatic carbocycles. The number of tetrazole rings is 1. The third kappa shape index (κ3) is 3.88. The molecule has 3 aromatic rings. The number of aromatic nitrogens is 4. The van der Waals surface area contributed by atoms with Gasteiger partial charge in [-0.1, -0.05) is 23.7 Å². The highest BCUT2D eigenvalue weighted by Gasteiger charge is 2.19. The summed E-state index contributed by atoms with van der Waals surface area (Å²) in [5.74, 6) is 0. The van der Waals surface area contributed by atoms with E-state index in [0.717, 1.165) is 42.7 Å². The van der Waals surface area contributed by atoms with E-state index in [2.05, 4.69) is 26.3 Å². The number of hydrogen-bond acceptors (Lipinski definition) is 6. The van der Waals surface area contributed by atoms with Crippen LogP contribution in [0.2, 0.25) is 5.02 Å². The van der Waals surface area contributed by atoms with E-state index >= 15 is 0 Å². The van der Waals surface area contributed by atoms with Crippen LogP contribution in [0, 0.1) is 0 Å². The molecule has 0 N–H and O–H groups in total. The minimum atomic E-state index is -0.200. The highest BCUT2D eigenvalue weighted by molar-refractivity contribution is 7.12. The maximum Gasteiger partial charge on any atom is 0.370 e. The lowest BCUT2D eigenvalue weighted by Crippen LogP contribution is -2.47. The van der Waals surface area contributed by atoms with Crippen molar-refractivity contribution in [2.75, 3.05) is 26.2 Å². The summed E-state index contributed by atoms with van der Waals surface area (Å²) in [7, 11) is 0. The van der Waals surface area contributed by atoms with Gasteiger partial charge in [-0.15, -0.1) is 11.3 Å². The number of thiophene rings is 1. The number of benzene rings is 1. The summed E-state index contributed by atoms with van der Waals surface area (Å²) in [6.45, 7) is 5.02. The SMILES string of the molecule is O=c1n(CN2CCN(Cc3cccc(Cl)c3)CC2)nnn1-c1cccs1. The first-order chi connectivity index (χ1) is 12.7. The molecule has 4 rings (SSSR count). The van der Waals surface area contributed by atoms with E-state index in [4.69, 9.17) is 11.6 Å². The van der Waals surface area contributed by atoms with Crippen LogP contribution in [0.3, 0.4) is 0 Å². The first-order valence-electron chi connectivity index (χ1n) is 8.45. The van der Waals surface area contributed by atoms with Crippen molar-refractivity contribution >= 4 is 22.9 Å². The van der Waals surface area contributed by atoms with Gasteiger partial charge >= 0.3 is 5.69 Å². The standard InChI is InChI=1S/C17H19ClN6OS/c18-15-4-1-3-14(11-15)12-21-6-8-22(9-7-21)13-23-17(25)24(20-19-23)16-5-2-10-26-16/h1-5,10-11H,6-9,12-13H2. The summed E-state index contributed by atoms with van der Waals surface area (Å²) >= 11 is 7.53. The molecule has 0 amide bonds. The van der Waals surface area contributed by atoms with Gasteiger partial charge in [-0.05, 0) is 45.6 Å². The minimum Gasteiger partial charge on any atom is -0.297 e. The fourth-order valence-electron chi connectivity index (χ4n) is 3.06. The van der Waals surface area contributed by atoms with E-state index in [1.165, 1.54) is 26.3 Å². The van der Waals surface area contributed by atoms with Crippen LogP contribution in [0.4, 0.5) is 0 Å². The molecule has 0 radical (unpaired) electrons. The van der Waals surface area contributed by atoms with Crippen molar-refractivity contribution < 1.29 is 0 Å². The average Bonchev–Trinajstić information content (AvgIpc) is 3.27. The zero-order valence-electron chi connectivity index (χ0n) is 14.2. The van der Waals surface area contributed by atoms with E-state index < -0.39 is 0 Å². The van der Waals surface area contributed by atoms with E-state index in [0.29, 0.717) is 6.67 Å². The molecule has 1 saturated heterocycles. The predicted molar refractivity (Wildman–Crippen MR) is 102 cm³/mol. The fourth-order valence-corrected chi connectivity index (χ4v) is 3.94. The van der Waals surface area contributed by atoms with Crippen molar-refractivity contribution in [2.24, 2.45) is 0 Å². The molecule has 2 aromatic heterocycles. The Morgan fingerprint density at radius 3 is 2.58 bits per heavy atom. The first-order valence-corrected chi connectivity index (χ1v) is 9.71. The smallest absolute Gasteiger partial charge is 0.297 e. The van der Waals surface area contributed by atoms with Gasteiger partial charge in [-0.2, -0.15) is 9.36 Å². The Labute approximate surface area is 160 Å². The van der Waals surface area contributed by atoms with Crippen LogP contribution >= 0.6 is 22.9 Å². The average molecular weight is 391 g/mol. The summed E-state index contributed by atoms with van der Waals surface area (Å²) < 4.78 is 2.77. The van der Waals surface area contributed by atoms with Crippen molar-refractivity contribution in [3.63, 3.8) is 0 Å². The number of rotatable bonds is 5. The highest BCUT2D eigenvalue weighted by Crippen LogP contribution is 2.14. The predicted octanol–water partition coefficient (Wildman–Crippen LogP) is 1.92. The number of piperazine rings is 1. The maximum absolute atomic E-state index is 12.4. The Balaban J connectivity index is 1.34. The molecule has 0 saturated carbocycles. The van der Waals surface area contributed by atoms with Gasteiger partial charge in [0.1, 0.15) is 11.7 Å². The lowest BCUT2D eigenvalue weighted by Gasteiger charge is -2.34. The molecular formula is C17H19ClN6OS. The van der Waals surface area contributed by atoms with Crippen LogP contribution in [-0.4, -0.2) is 55.8 Å². The molecule has 0 spiro atoms. The molecule has 136 valence electrons. The second-order valence-electron chi connectivity index (χ2n) is 6.29. The van der Waals surface area contributed by atoms with Gasteiger partial charge in [-0.3, -0.25) is 9.80 Å². The van der Waals surface area contributed by atoms with Crippen LogP contribution < -0.4 is 5.69 Å². The van der Waals surface area contributed by atoms with E-state index in [1.54, 1.807) is 0 Å². The van der Waals surface area contributed by atoms with Crippen molar-refractivity contribution in [3.05, 3.63) is 62.8 Å². The van der Waals surface area contributed by atoms with E-state index in [9.17, 15) is 4.79 Å². The third-order valence-corrected chi connectivity index (χ3v) is 5.53. The van der Waals surface area contributed by atoms with Gasteiger partial charge in [-0.25, -0.2) is 4.79 Å². The van der Waals surface area contributed by atoms with Crippen LogP contribution in [0.15, 0.2) is 46.6 Å². The second-order valence-corrected chi connectivity index (χ2v) is 7.65. The monoisotopic (exact) mass is 390 g/mol. The van der Waals surface area contributed by atoms with E-state index in [-0.39, 0.29) is 5.69 Å². The molecule has 1 aliphatic rings. The Morgan fingerprint density at radius 2 is 1.85 bits per heavy atom. The third-order valence-electron chi connectivity index (χ3n) is 4.45. The van der Waals surface area contributed by atoms with Gasteiger partial charge < -0.3 is 0 Å². The Bertz CT molecular complexity index is 913. The summed E-state index contributed by atoms with van der Waals surface area (Å²) in [6.07, 6.45) is 0. The van der Waals surface area contributed by atoms with Crippen LogP contribution in [0.1, 0.15) is 5.56 Å². The van der Waals surface area contributed by atoms with Gasteiger partial charge in [0.25, 0.3) is 0 Å². The molecule has 1 fully saturated rings. The van der Waals surface area contributed by atoms with Crippen molar-refractivity contribution in [1.29, 1.82) is 0 Å². The zero-order valence-corrected chi connectivity index (χ0v) is 15.7. The quantitative estimate of drug-likeness (QED) is 0.666. The molecular weight excluding hydrogens is 372 g/mol. The maximum atomic E-state index is 12.4. The zero-order chi connectivity index (χ0) is 17.9. The summed E-state index contributed by atoms with van der Waals surface area (Å²) in [6, 6.07) is 11.7. The molecule has 0 bridgehead atoms. The topological polar surface area (TPSA) is 59.2 Å². The van der Waals surface area contributed by atoms with Crippen molar-refractivity contribution in [2.45, 2.75) is 13.2 Å². The largest absolute Gasteiger partial charge is 0.370 e. The van der Waals surface area contributed by atoms with Crippen LogP contribution in [0.25, 0.3) is 5.00 Å². The lowest BCUT2D eigenvalue weighted by atomic mass is 10.2. The van der Waals surface area contributed by atoms with Gasteiger partial charge in [0, 0.05) is 37.7 Å².